The van der Waals surface area contributed by atoms with Crippen LogP contribution in [-0.2, 0) is 6.18 Å². The lowest BCUT2D eigenvalue weighted by Crippen LogP contribution is -2.35. The molecule has 2 aromatic rings. The third kappa shape index (κ3) is 3.34. The molecule has 1 aliphatic heterocycles. The standard InChI is InChI=1S/C15H15F3N4O2/c16-15(17,18)12-6-9-22(20-12)10-4-7-21(8-5-10)13-3-1-2-11(19-13)14(23)24/h1-3,6,9-10H,4-5,7-8H2,(H,23,24). The molecular weight excluding hydrogens is 325 g/mol. The Balaban J connectivity index is 1.67. The lowest BCUT2D eigenvalue weighted by Gasteiger charge is -2.33. The van der Waals surface area contributed by atoms with Crippen molar-refractivity contribution in [2.75, 3.05) is 18.0 Å². The van der Waals surface area contributed by atoms with Crippen molar-refractivity contribution in [2.24, 2.45) is 0 Å². The molecule has 3 heterocycles. The van der Waals surface area contributed by atoms with Crippen LogP contribution in [0, 0.1) is 0 Å². The maximum absolute atomic E-state index is 12.6. The summed E-state index contributed by atoms with van der Waals surface area (Å²) in [6.07, 6.45) is -1.87. The molecule has 128 valence electrons. The van der Waals surface area contributed by atoms with Crippen molar-refractivity contribution < 1.29 is 23.1 Å². The van der Waals surface area contributed by atoms with Gasteiger partial charge in [0, 0.05) is 19.3 Å². The molecular formula is C15H15F3N4O2. The average molecular weight is 340 g/mol. The zero-order valence-electron chi connectivity index (χ0n) is 12.6. The second-order valence-electron chi connectivity index (χ2n) is 5.58. The highest BCUT2D eigenvalue weighted by atomic mass is 19.4. The Morgan fingerprint density at radius 1 is 1.21 bits per heavy atom. The van der Waals surface area contributed by atoms with E-state index in [2.05, 4.69) is 10.1 Å². The van der Waals surface area contributed by atoms with Crippen molar-refractivity contribution in [1.29, 1.82) is 0 Å². The van der Waals surface area contributed by atoms with Crippen molar-refractivity contribution in [1.82, 2.24) is 14.8 Å². The highest BCUT2D eigenvalue weighted by Crippen LogP contribution is 2.30. The molecule has 1 N–H and O–H groups in total. The van der Waals surface area contributed by atoms with Gasteiger partial charge in [0.1, 0.15) is 5.82 Å². The lowest BCUT2D eigenvalue weighted by atomic mass is 10.1. The fourth-order valence-electron chi connectivity index (χ4n) is 2.77. The monoisotopic (exact) mass is 340 g/mol. The predicted molar refractivity (Wildman–Crippen MR) is 78.9 cm³/mol. The largest absolute Gasteiger partial charge is 0.477 e. The summed E-state index contributed by atoms with van der Waals surface area (Å²) < 4.78 is 39.2. The number of alkyl halides is 3. The van der Waals surface area contributed by atoms with Gasteiger partial charge in [-0.2, -0.15) is 18.3 Å². The molecule has 3 rings (SSSR count). The number of rotatable bonds is 3. The summed E-state index contributed by atoms with van der Waals surface area (Å²) in [5.41, 5.74) is -0.919. The van der Waals surface area contributed by atoms with Crippen molar-refractivity contribution in [2.45, 2.75) is 25.1 Å². The smallest absolute Gasteiger partial charge is 0.435 e. The van der Waals surface area contributed by atoms with Crippen molar-refractivity contribution in [3.8, 4) is 0 Å². The van der Waals surface area contributed by atoms with E-state index in [9.17, 15) is 18.0 Å². The summed E-state index contributed by atoms with van der Waals surface area (Å²) in [6, 6.07) is 5.63. The number of halogens is 3. The van der Waals surface area contributed by atoms with E-state index in [-0.39, 0.29) is 11.7 Å². The molecule has 2 aromatic heterocycles. The molecule has 1 aliphatic rings. The molecule has 0 amide bonds. The van der Waals surface area contributed by atoms with Gasteiger partial charge in [-0.05, 0) is 31.0 Å². The van der Waals surface area contributed by atoms with Crippen molar-refractivity contribution in [3.05, 3.63) is 41.9 Å². The van der Waals surface area contributed by atoms with Crippen LogP contribution in [0.2, 0.25) is 0 Å². The second kappa shape index (κ2) is 6.14. The molecule has 0 spiro atoms. The molecule has 0 radical (unpaired) electrons. The third-order valence-electron chi connectivity index (χ3n) is 4.01. The SMILES string of the molecule is O=C(O)c1cccc(N2CCC(n3ccc(C(F)(F)F)n3)CC2)n1. The molecule has 6 nitrogen and oxygen atoms in total. The highest BCUT2D eigenvalue weighted by molar-refractivity contribution is 5.85. The van der Waals surface area contributed by atoms with E-state index in [0.29, 0.717) is 31.7 Å². The number of carbonyl (C=O) groups is 1. The van der Waals surface area contributed by atoms with Crippen LogP contribution >= 0.6 is 0 Å². The first-order chi connectivity index (χ1) is 11.3. The minimum atomic E-state index is -4.44. The third-order valence-corrected chi connectivity index (χ3v) is 4.01. The molecule has 0 atom stereocenters. The first-order valence-corrected chi connectivity index (χ1v) is 7.42. The number of carboxylic acids is 1. The molecule has 24 heavy (non-hydrogen) atoms. The van der Waals surface area contributed by atoms with E-state index in [4.69, 9.17) is 5.11 Å². The second-order valence-corrected chi connectivity index (χ2v) is 5.58. The van der Waals surface area contributed by atoms with E-state index in [1.54, 1.807) is 12.1 Å². The topological polar surface area (TPSA) is 71.2 Å². The van der Waals surface area contributed by atoms with Gasteiger partial charge < -0.3 is 10.0 Å². The summed E-state index contributed by atoms with van der Waals surface area (Å²) in [5.74, 6) is -0.534. The van der Waals surface area contributed by atoms with Crippen molar-refractivity contribution in [3.63, 3.8) is 0 Å². The summed E-state index contributed by atoms with van der Waals surface area (Å²) in [4.78, 5) is 17.0. The van der Waals surface area contributed by atoms with E-state index >= 15 is 0 Å². The van der Waals surface area contributed by atoms with Crippen molar-refractivity contribution >= 4 is 11.8 Å². The Kier molecular flexibility index (Phi) is 4.16. The zero-order valence-corrected chi connectivity index (χ0v) is 12.6. The Bertz CT molecular complexity index is 736. The maximum Gasteiger partial charge on any atom is 0.435 e. The van der Waals surface area contributed by atoms with Crippen LogP contribution in [0.4, 0.5) is 19.0 Å². The van der Waals surface area contributed by atoms with Gasteiger partial charge in [-0.3, -0.25) is 4.68 Å². The molecule has 0 aliphatic carbocycles. The number of nitrogens with zero attached hydrogens (tertiary/aromatic N) is 4. The van der Waals surface area contributed by atoms with Crippen LogP contribution in [0.25, 0.3) is 0 Å². The number of piperidine rings is 1. The van der Waals surface area contributed by atoms with Gasteiger partial charge in [0.25, 0.3) is 0 Å². The van der Waals surface area contributed by atoms with Gasteiger partial charge in [-0.1, -0.05) is 6.07 Å². The van der Waals surface area contributed by atoms with Crippen LogP contribution < -0.4 is 4.90 Å². The fraction of sp³-hybridized carbons (Fsp3) is 0.400. The van der Waals surface area contributed by atoms with Gasteiger partial charge in [-0.25, -0.2) is 9.78 Å². The molecule has 1 fully saturated rings. The first kappa shape index (κ1) is 16.3. The minimum absolute atomic E-state index is 0.0310. The first-order valence-electron chi connectivity index (χ1n) is 7.42. The van der Waals surface area contributed by atoms with E-state index in [1.165, 1.54) is 16.9 Å². The number of aromatic nitrogens is 3. The molecule has 0 bridgehead atoms. The Morgan fingerprint density at radius 2 is 1.92 bits per heavy atom. The summed E-state index contributed by atoms with van der Waals surface area (Å²) in [7, 11) is 0. The molecule has 0 saturated carbocycles. The molecule has 1 saturated heterocycles. The number of anilines is 1. The fourth-order valence-corrected chi connectivity index (χ4v) is 2.77. The van der Waals surface area contributed by atoms with Gasteiger partial charge in [0.05, 0.1) is 6.04 Å². The summed E-state index contributed by atoms with van der Waals surface area (Å²) in [6.45, 7) is 1.14. The van der Waals surface area contributed by atoms with E-state index in [0.717, 1.165) is 6.07 Å². The van der Waals surface area contributed by atoms with Crippen LogP contribution in [0.1, 0.15) is 35.1 Å². The minimum Gasteiger partial charge on any atom is -0.477 e. The molecule has 0 unspecified atom stereocenters. The normalized spacial score (nSPS) is 16.4. The molecule has 9 heteroatoms. The van der Waals surface area contributed by atoms with Crippen LogP contribution in [0.3, 0.4) is 0 Å². The number of hydrogen-bond acceptors (Lipinski definition) is 4. The van der Waals surface area contributed by atoms with Crippen LogP contribution in [-0.4, -0.2) is 38.9 Å². The summed E-state index contributed by atoms with van der Waals surface area (Å²) in [5, 5.41) is 12.6. The number of aromatic carboxylic acids is 1. The highest BCUT2D eigenvalue weighted by Gasteiger charge is 2.34. The summed E-state index contributed by atoms with van der Waals surface area (Å²) >= 11 is 0. The maximum atomic E-state index is 12.6. The Hall–Kier alpha value is -2.58. The van der Waals surface area contributed by atoms with Gasteiger partial charge >= 0.3 is 12.1 Å². The Morgan fingerprint density at radius 3 is 2.50 bits per heavy atom. The molecule has 0 aromatic carbocycles. The Labute approximate surface area is 135 Å². The quantitative estimate of drug-likeness (QED) is 0.930. The number of carboxylic acid groups (broad SMARTS) is 1. The number of pyridine rings is 1. The van der Waals surface area contributed by atoms with E-state index in [1.807, 2.05) is 4.90 Å². The average Bonchev–Trinajstić information content (AvgIpc) is 3.05. The van der Waals surface area contributed by atoms with Gasteiger partial charge in [0.2, 0.25) is 0 Å². The van der Waals surface area contributed by atoms with Gasteiger partial charge in [-0.15, -0.1) is 0 Å². The lowest BCUT2D eigenvalue weighted by molar-refractivity contribution is -0.141. The zero-order chi connectivity index (χ0) is 17.3. The number of hydrogen-bond donors (Lipinski definition) is 1. The van der Waals surface area contributed by atoms with Crippen LogP contribution in [0.15, 0.2) is 30.5 Å². The van der Waals surface area contributed by atoms with Gasteiger partial charge in [0.15, 0.2) is 11.4 Å². The van der Waals surface area contributed by atoms with E-state index < -0.39 is 17.8 Å². The van der Waals surface area contributed by atoms with Crippen LogP contribution in [0.5, 0.6) is 0 Å². The predicted octanol–water partition coefficient (Wildman–Crippen LogP) is 2.84.